The summed E-state index contributed by atoms with van der Waals surface area (Å²) in [4.78, 5) is 17.7. The average molecular weight is 251 g/mol. The van der Waals surface area contributed by atoms with Gasteiger partial charge in [-0.05, 0) is 32.9 Å². The van der Waals surface area contributed by atoms with Crippen molar-refractivity contribution in [2.45, 2.75) is 26.9 Å². The van der Waals surface area contributed by atoms with Crippen LogP contribution >= 0.6 is 0 Å². The maximum Gasteiger partial charge on any atom is 0.239 e. The fraction of sp³-hybridized carbons (Fsp3) is 0.538. The molecule has 1 heterocycles. The first kappa shape index (κ1) is 14.4. The van der Waals surface area contributed by atoms with Gasteiger partial charge in [0, 0.05) is 13.1 Å². The smallest absolute Gasteiger partial charge is 0.239 e. The standard InChI is InChI=1S/C13H21N3O2/c1-4-14-13(18)9-16(5-2)11-6-7-12(10(3)17)15-8-11/h6-8,10,17H,4-5,9H2,1-3H3,(H,14,18). The van der Waals surface area contributed by atoms with Crippen LogP contribution in [0.4, 0.5) is 5.69 Å². The minimum absolute atomic E-state index is 0.000970. The normalized spacial score (nSPS) is 12.0. The average Bonchev–Trinajstić information content (AvgIpc) is 2.36. The number of hydrogen-bond acceptors (Lipinski definition) is 4. The van der Waals surface area contributed by atoms with E-state index < -0.39 is 6.10 Å². The van der Waals surface area contributed by atoms with Crippen molar-refractivity contribution in [3.05, 3.63) is 24.0 Å². The van der Waals surface area contributed by atoms with Gasteiger partial charge in [0.15, 0.2) is 0 Å². The number of aromatic nitrogens is 1. The van der Waals surface area contributed by atoms with E-state index >= 15 is 0 Å². The first-order valence-corrected chi connectivity index (χ1v) is 6.24. The van der Waals surface area contributed by atoms with Crippen LogP contribution < -0.4 is 10.2 Å². The molecule has 0 bridgehead atoms. The molecule has 1 atom stereocenters. The lowest BCUT2D eigenvalue weighted by Gasteiger charge is -2.22. The van der Waals surface area contributed by atoms with E-state index in [-0.39, 0.29) is 5.91 Å². The van der Waals surface area contributed by atoms with Crippen LogP contribution in [0.3, 0.4) is 0 Å². The van der Waals surface area contributed by atoms with E-state index in [4.69, 9.17) is 0 Å². The number of carbonyl (C=O) groups excluding carboxylic acids is 1. The van der Waals surface area contributed by atoms with Crippen molar-refractivity contribution in [2.24, 2.45) is 0 Å². The van der Waals surface area contributed by atoms with Crippen LogP contribution in [0, 0.1) is 0 Å². The summed E-state index contributed by atoms with van der Waals surface area (Å²) in [5.74, 6) is -0.000970. The van der Waals surface area contributed by atoms with Gasteiger partial charge in [0.25, 0.3) is 0 Å². The third-order valence-corrected chi connectivity index (χ3v) is 2.65. The summed E-state index contributed by atoms with van der Waals surface area (Å²) >= 11 is 0. The van der Waals surface area contributed by atoms with Crippen molar-refractivity contribution < 1.29 is 9.90 Å². The summed E-state index contributed by atoms with van der Waals surface area (Å²) in [7, 11) is 0. The molecule has 1 amide bonds. The third kappa shape index (κ3) is 4.00. The molecule has 0 saturated carbocycles. The van der Waals surface area contributed by atoms with E-state index in [2.05, 4.69) is 10.3 Å². The fourth-order valence-electron chi connectivity index (χ4n) is 1.64. The highest BCUT2D eigenvalue weighted by molar-refractivity contribution is 5.81. The molecule has 0 aliphatic rings. The zero-order valence-electron chi connectivity index (χ0n) is 11.2. The van der Waals surface area contributed by atoms with Crippen LogP contribution in [0.25, 0.3) is 0 Å². The van der Waals surface area contributed by atoms with Crippen LogP contribution in [0.1, 0.15) is 32.6 Å². The highest BCUT2D eigenvalue weighted by Gasteiger charge is 2.10. The maximum atomic E-state index is 11.5. The Labute approximate surface area is 108 Å². The van der Waals surface area contributed by atoms with Gasteiger partial charge in [0.2, 0.25) is 5.91 Å². The van der Waals surface area contributed by atoms with Crippen molar-refractivity contribution in [1.29, 1.82) is 0 Å². The lowest BCUT2D eigenvalue weighted by atomic mass is 10.2. The molecule has 0 aromatic carbocycles. The lowest BCUT2D eigenvalue weighted by molar-refractivity contribution is -0.119. The second-order valence-electron chi connectivity index (χ2n) is 4.08. The quantitative estimate of drug-likeness (QED) is 0.794. The van der Waals surface area contributed by atoms with Gasteiger partial charge in [-0.1, -0.05) is 0 Å². The Morgan fingerprint density at radius 2 is 2.22 bits per heavy atom. The van der Waals surface area contributed by atoms with Gasteiger partial charge in [-0.3, -0.25) is 9.78 Å². The topological polar surface area (TPSA) is 65.5 Å². The molecule has 18 heavy (non-hydrogen) atoms. The van der Waals surface area contributed by atoms with Crippen LogP contribution in [0.15, 0.2) is 18.3 Å². The molecule has 1 aromatic rings. The van der Waals surface area contributed by atoms with Crippen LogP contribution in [0.2, 0.25) is 0 Å². The van der Waals surface area contributed by atoms with E-state index in [1.54, 1.807) is 19.2 Å². The Bertz CT molecular complexity index is 376. The van der Waals surface area contributed by atoms with Gasteiger partial charge in [-0.25, -0.2) is 0 Å². The van der Waals surface area contributed by atoms with Gasteiger partial charge < -0.3 is 15.3 Å². The van der Waals surface area contributed by atoms with Crippen LogP contribution in [-0.2, 0) is 4.79 Å². The Morgan fingerprint density at radius 3 is 2.67 bits per heavy atom. The molecule has 0 radical (unpaired) electrons. The largest absolute Gasteiger partial charge is 0.387 e. The molecule has 0 aliphatic heterocycles. The second-order valence-corrected chi connectivity index (χ2v) is 4.08. The van der Waals surface area contributed by atoms with Crippen molar-refractivity contribution in [3.63, 3.8) is 0 Å². The number of hydrogen-bond donors (Lipinski definition) is 2. The highest BCUT2D eigenvalue weighted by Crippen LogP contribution is 2.15. The summed E-state index contributed by atoms with van der Waals surface area (Å²) in [6, 6.07) is 3.65. The molecule has 5 nitrogen and oxygen atoms in total. The molecular weight excluding hydrogens is 230 g/mol. The van der Waals surface area contributed by atoms with Crippen LogP contribution in [-0.4, -0.2) is 35.6 Å². The second kappa shape index (κ2) is 6.96. The molecule has 0 spiro atoms. The predicted octanol–water partition coefficient (Wildman–Crippen LogP) is 1.10. The fourth-order valence-corrected chi connectivity index (χ4v) is 1.64. The van der Waals surface area contributed by atoms with Crippen molar-refractivity contribution in [2.75, 3.05) is 24.5 Å². The number of pyridine rings is 1. The number of rotatable bonds is 6. The first-order chi connectivity index (χ1) is 8.58. The molecule has 0 saturated heterocycles. The number of nitrogens with one attached hydrogen (secondary N) is 1. The third-order valence-electron chi connectivity index (χ3n) is 2.65. The summed E-state index contributed by atoms with van der Waals surface area (Å²) in [6.07, 6.45) is 1.11. The predicted molar refractivity (Wildman–Crippen MR) is 71.4 cm³/mol. The number of amides is 1. The Kier molecular flexibility index (Phi) is 5.58. The zero-order valence-corrected chi connectivity index (χ0v) is 11.2. The minimum atomic E-state index is -0.572. The molecule has 100 valence electrons. The van der Waals surface area contributed by atoms with E-state index in [0.29, 0.717) is 18.8 Å². The van der Waals surface area contributed by atoms with E-state index in [1.165, 1.54) is 0 Å². The van der Waals surface area contributed by atoms with Gasteiger partial charge in [-0.2, -0.15) is 0 Å². The molecule has 1 unspecified atom stereocenters. The molecular formula is C13H21N3O2. The van der Waals surface area contributed by atoms with Gasteiger partial charge in [0.05, 0.1) is 30.2 Å². The number of anilines is 1. The van der Waals surface area contributed by atoms with Crippen molar-refractivity contribution in [3.8, 4) is 0 Å². The Balaban J connectivity index is 2.73. The molecule has 0 aliphatic carbocycles. The van der Waals surface area contributed by atoms with Crippen molar-refractivity contribution >= 4 is 11.6 Å². The summed E-state index contributed by atoms with van der Waals surface area (Å²) in [5, 5.41) is 12.2. The van der Waals surface area contributed by atoms with Crippen molar-refractivity contribution in [1.82, 2.24) is 10.3 Å². The van der Waals surface area contributed by atoms with Gasteiger partial charge >= 0.3 is 0 Å². The highest BCUT2D eigenvalue weighted by atomic mass is 16.3. The van der Waals surface area contributed by atoms with E-state index in [0.717, 1.165) is 12.2 Å². The number of nitrogens with zero attached hydrogens (tertiary/aromatic N) is 2. The van der Waals surface area contributed by atoms with E-state index in [1.807, 2.05) is 24.8 Å². The number of aliphatic hydroxyl groups is 1. The summed E-state index contributed by atoms with van der Waals surface area (Å²) in [6.45, 7) is 7.24. The Hall–Kier alpha value is -1.62. The summed E-state index contributed by atoms with van der Waals surface area (Å²) < 4.78 is 0. The van der Waals surface area contributed by atoms with Crippen LogP contribution in [0.5, 0.6) is 0 Å². The summed E-state index contributed by atoms with van der Waals surface area (Å²) in [5.41, 5.74) is 1.51. The molecule has 1 rings (SSSR count). The van der Waals surface area contributed by atoms with Gasteiger partial charge in [-0.15, -0.1) is 0 Å². The number of likely N-dealkylation sites (N-methyl/N-ethyl adjacent to an activating group) is 2. The maximum absolute atomic E-state index is 11.5. The Morgan fingerprint density at radius 1 is 1.50 bits per heavy atom. The molecule has 2 N–H and O–H groups in total. The molecule has 1 aromatic heterocycles. The minimum Gasteiger partial charge on any atom is -0.387 e. The molecule has 0 fully saturated rings. The monoisotopic (exact) mass is 251 g/mol. The SMILES string of the molecule is CCNC(=O)CN(CC)c1ccc(C(C)O)nc1. The first-order valence-electron chi connectivity index (χ1n) is 6.24. The zero-order chi connectivity index (χ0) is 13.5. The van der Waals surface area contributed by atoms with E-state index in [9.17, 15) is 9.90 Å². The number of carbonyl (C=O) groups is 1. The number of aliphatic hydroxyl groups excluding tert-OH is 1. The lowest BCUT2D eigenvalue weighted by Crippen LogP contribution is -2.37. The molecule has 5 heteroatoms. The van der Waals surface area contributed by atoms with Gasteiger partial charge in [0.1, 0.15) is 0 Å².